The van der Waals surface area contributed by atoms with Crippen molar-refractivity contribution < 1.29 is 14.6 Å². The van der Waals surface area contributed by atoms with E-state index in [0.29, 0.717) is 5.75 Å². The quantitative estimate of drug-likeness (QED) is 0.731. The minimum absolute atomic E-state index is 0.111. The smallest absolute Gasteiger partial charge is 0.239 e. The topological polar surface area (TPSA) is 70.6 Å². The molecule has 1 unspecified atom stereocenters. The molecule has 1 amide bonds. The maximum absolute atomic E-state index is 11.9. The van der Waals surface area contributed by atoms with Crippen LogP contribution >= 0.6 is 11.3 Å². The molecule has 1 aromatic heterocycles. The largest absolute Gasteiger partial charge is 0.495 e. The number of anilines is 1. The van der Waals surface area contributed by atoms with Gasteiger partial charge in [0.15, 0.2) is 0 Å². The summed E-state index contributed by atoms with van der Waals surface area (Å²) < 4.78 is 5.21. The van der Waals surface area contributed by atoms with Crippen LogP contribution in [0.15, 0.2) is 41.1 Å². The van der Waals surface area contributed by atoms with Crippen molar-refractivity contribution in [2.75, 3.05) is 25.5 Å². The van der Waals surface area contributed by atoms with Crippen LogP contribution in [0.5, 0.6) is 5.75 Å². The van der Waals surface area contributed by atoms with Crippen molar-refractivity contribution in [1.29, 1.82) is 0 Å². The first-order valence-electron chi connectivity index (χ1n) is 6.91. The lowest BCUT2D eigenvalue weighted by atomic mass is 9.99. The zero-order valence-electron chi connectivity index (χ0n) is 12.6. The Balaban J connectivity index is 1.83. The van der Waals surface area contributed by atoms with Gasteiger partial charge >= 0.3 is 0 Å². The van der Waals surface area contributed by atoms with Crippen molar-refractivity contribution in [1.82, 2.24) is 5.32 Å². The van der Waals surface area contributed by atoms with Crippen molar-refractivity contribution >= 4 is 22.9 Å². The number of para-hydroxylation sites is 2. The summed E-state index contributed by atoms with van der Waals surface area (Å²) in [7, 11) is 1.58. The predicted octanol–water partition coefficient (Wildman–Crippen LogP) is 2.19. The summed E-state index contributed by atoms with van der Waals surface area (Å²) in [6, 6.07) is 9.24. The van der Waals surface area contributed by atoms with Gasteiger partial charge in [0.2, 0.25) is 5.91 Å². The van der Waals surface area contributed by atoms with Gasteiger partial charge in [-0.3, -0.25) is 4.79 Å². The van der Waals surface area contributed by atoms with Gasteiger partial charge in [0.25, 0.3) is 0 Å². The number of amides is 1. The second kappa shape index (κ2) is 7.29. The Morgan fingerprint density at radius 1 is 1.36 bits per heavy atom. The summed E-state index contributed by atoms with van der Waals surface area (Å²) in [5.74, 6) is 0.488. The van der Waals surface area contributed by atoms with Crippen molar-refractivity contribution in [3.8, 4) is 5.75 Å². The monoisotopic (exact) mass is 320 g/mol. The third-order valence-electron chi connectivity index (χ3n) is 3.32. The molecular weight excluding hydrogens is 300 g/mol. The van der Waals surface area contributed by atoms with Crippen LogP contribution in [0, 0.1) is 0 Å². The summed E-state index contributed by atoms with van der Waals surface area (Å²) in [6.07, 6.45) is 0. The number of aliphatic hydroxyl groups is 1. The van der Waals surface area contributed by atoms with Crippen LogP contribution in [0.2, 0.25) is 0 Å². The highest BCUT2D eigenvalue weighted by Crippen LogP contribution is 2.23. The van der Waals surface area contributed by atoms with Crippen molar-refractivity contribution in [3.63, 3.8) is 0 Å². The van der Waals surface area contributed by atoms with Gasteiger partial charge in [-0.25, -0.2) is 0 Å². The van der Waals surface area contributed by atoms with E-state index in [2.05, 4.69) is 10.6 Å². The summed E-state index contributed by atoms with van der Waals surface area (Å²) in [5.41, 5.74) is 0.486. The zero-order valence-corrected chi connectivity index (χ0v) is 13.4. The second-order valence-electron chi connectivity index (χ2n) is 5.12. The van der Waals surface area contributed by atoms with Crippen LogP contribution in [-0.2, 0) is 10.4 Å². The Kier molecular flexibility index (Phi) is 5.41. The van der Waals surface area contributed by atoms with Crippen molar-refractivity contribution in [3.05, 3.63) is 46.7 Å². The van der Waals surface area contributed by atoms with E-state index in [0.717, 1.165) is 11.3 Å². The van der Waals surface area contributed by atoms with Gasteiger partial charge in [0.1, 0.15) is 11.4 Å². The number of carbonyl (C=O) groups excluding carboxylic acids is 1. The lowest BCUT2D eigenvalue weighted by Crippen LogP contribution is -2.40. The average molecular weight is 320 g/mol. The fraction of sp³-hybridized carbons (Fsp3) is 0.312. The number of rotatable bonds is 7. The van der Waals surface area contributed by atoms with Gasteiger partial charge in [0.05, 0.1) is 25.9 Å². The highest BCUT2D eigenvalue weighted by atomic mass is 32.1. The van der Waals surface area contributed by atoms with E-state index < -0.39 is 5.60 Å². The van der Waals surface area contributed by atoms with E-state index in [1.807, 2.05) is 41.1 Å². The zero-order chi connectivity index (χ0) is 16.0. The standard InChI is InChI=1S/C16H20N2O3S/c1-16(20,12-7-8-22-10-12)11-18-15(19)9-17-13-5-3-4-6-14(13)21-2/h3-8,10,17,20H,9,11H2,1-2H3,(H,18,19). The van der Waals surface area contributed by atoms with E-state index in [9.17, 15) is 9.90 Å². The normalized spacial score (nSPS) is 13.2. The van der Waals surface area contributed by atoms with E-state index >= 15 is 0 Å². The van der Waals surface area contributed by atoms with Crippen LogP contribution in [0.4, 0.5) is 5.69 Å². The van der Waals surface area contributed by atoms with Crippen LogP contribution < -0.4 is 15.4 Å². The minimum Gasteiger partial charge on any atom is -0.495 e. The molecule has 1 aromatic carbocycles. The molecule has 0 fully saturated rings. The van der Waals surface area contributed by atoms with Crippen molar-refractivity contribution in [2.45, 2.75) is 12.5 Å². The van der Waals surface area contributed by atoms with Gasteiger partial charge in [-0.05, 0) is 41.4 Å². The van der Waals surface area contributed by atoms with Crippen molar-refractivity contribution in [2.24, 2.45) is 0 Å². The summed E-state index contributed by atoms with van der Waals surface area (Å²) in [5, 5.41) is 19.9. The second-order valence-corrected chi connectivity index (χ2v) is 5.90. The van der Waals surface area contributed by atoms with Gasteiger partial charge < -0.3 is 20.5 Å². The Hall–Kier alpha value is -2.05. The Labute approximate surface area is 133 Å². The lowest BCUT2D eigenvalue weighted by Gasteiger charge is -2.23. The highest BCUT2D eigenvalue weighted by molar-refractivity contribution is 7.08. The number of nitrogens with one attached hydrogen (secondary N) is 2. The number of ether oxygens (including phenoxy) is 1. The first-order chi connectivity index (χ1) is 10.5. The fourth-order valence-electron chi connectivity index (χ4n) is 1.97. The molecule has 0 aliphatic heterocycles. The van der Waals surface area contributed by atoms with E-state index in [1.165, 1.54) is 11.3 Å². The SMILES string of the molecule is COc1ccccc1NCC(=O)NCC(C)(O)c1ccsc1. The van der Waals surface area contributed by atoms with Gasteiger partial charge in [0, 0.05) is 0 Å². The van der Waals surface area contributed by atoms with E-state index in [-0.39, 0.29) is 19.0 Å². The molecule has 3 N–H and O–H groups in total. The average Bonchev–Trinajstić information content (AvgIpc) is 3.06. The molecule has 0 aliphatic carbocycles. The van der Waals surface area contributed by atoms with Crippen LogP contribution in [0.1, 0.15) is 12.5 Å². The fourth-order valence-corrected chi connectivity index (χ4v) is 2.76. The molecule has 6 heteroatoms. The number of methoxy groups -OCH3 is 1. The minimum atomic E-state index is -1.07. The molecule has 0 aliphatic rings. The van der Waals surface area contributed by atoms with Crippen LogP contribution in [-0.4, -0.2) is 31.2 Å². The molecule has 5 nitrogen and oxygen atoms in total. The number of thiophene rings is 1. The molecule has 118 valence electrons. The molecule has 0 spiro atoms. The third kappa shape index (κ3) is 4.22. The molecule has 0 radical (unpaired) electrons. The Morgan fingerprint density at radius 2 is 2.14 bits per heavy atom. The molecule has 1 atom stereocenters. The van der Waals surface area contributed by atoms with Gasteiger partial charge in [-0.1, -0.05) is 12.1 Å². The highest BCUT2D eigenvalue weighted by Gasteiger charge is 2.24. The predicted molar refractivity (Wildman–Crippen MR) is 88.4 cm³/mol. The number of benzene rings is 1. The molecule has 22 heavy (non-hydrogen) atoms. The molecule has 2 rings (SSSR count). The van der Waals surface area contributed by atoms with Gasteiger partial charge in [-0.15, -0.1) is 0 Å². The number of carbonyl (C=O) groups is 1. The first kappa shape index (κ1) is 16.3. The number of hydrogen-bond donors (Lipinski definition) is 3. The molecule has 1 heterocycles. The third-order valence-corrected chi connectivity index (χ3v) is 4.00. The van der Waals surface area contributed by atoms with Crippen LogP contribution in [0.3, 0.4) is 0 Å². The summed E-state index contributed by atoms with van der Waals surface area (Å²) in [4.78, 5) is 11.9. The lowest BCUT2D eigenvalue weighted by molar-refractivity contribution is -0.120. The molecule has 0 bridgehead atoms. The molecule has 0 saturated carbocycles. The molecule has 2 aromatic rings. The van der Waals surface area contributed by atoms with E-state index in [1.54, 1.807) is 14.0 Å². The Bertz CT molecular complexity index is 612. The maximum atomic E-state index is 11.9. The summed E-state index contributed by atoms with van der Waals surface area (Å²) in [6.45, 7) is 1.96. The van der Waals surface area contributed by atoms with Gasteiger partial charge in [-0.2, -0.15) is 11.3 Å². The molecule has 0 saturated heterocycles. The van der Waals surface area contributed by atoms with Crippen LogP contribution in [0.25, 0.3) is 0 Å². The van der Waals surface area contributed by atoms with E-state index in [4.69, 9.17) is 4.74 Å². The number of hydrogen-bond acceptors (Lipinski definition) is 5. The maximum Gasteiger partial charge on any atom is 0.239 e. The summed E-state index contributed by atoms with van der Waals surface area (Å²) >= 11 is 1.51. The molecular formula is C16H20N2O3S. The Morgan fingerprint density at radius 3 is 2.82 bits per heavy atom. The first-order valence-corrected chi connectivity index (χ1v) is 7.86.